The minimum Gasteiger partial charge on any atom is -0.322 e. The van der Waals surface area contributed by atoms with Gasteiger partial charge in [-0.05, 0) is 43.7 Å². The number of benzene rings is 2. The average molecular weight is 406 g/mol. The van der Waals surface area contributed by atoms with Crippen LogP contribution < -0.4 is 10.9 Å². The standard InChI is InChI=1S/C23H27N5O2/c1-16-7-6-8-18(15-16)24-23(30)28-13-11-27(12-14-28)17(2)21-25-20-10-5-4-9-19(20)22(29)26(21)3/h4-10,15,17H,11-14H2,1-3H3,(H,24,30). The molecule has 0 bridgehead atoms. The minimum atomic E-state index is -0.0795. The lowest BCUT2D eigenvalue weighted by Crippen LogP contribution is -2.51. The average Bonchev–Trinajstić information content (AvgIpc) is 2.76. The van der Waals surface area contributed by atoms with Gasteiger partial charge in [0.25, 0.3) is 5.56 Å². The van der Waals surface area contributed by atoms with E-state index in [1.165, 1.54) is 0 Å². The van der Waals surface area contributed by atoms with Crippen LogP contribution in [0.2, 0.25) is 0 Å². The zero-order valence-corrected chi connectivity index (χ0v) is 17.6. The second-order valence-electron chi connectivity index (χ2n) is 7.85. The third-order valence-electron chi connectivity index (χ3n) is 5.81. The van der Waals surface area contributed by atoms with Crippen molar-refractivity contribution in [2.45, 2.75) is 19.9 Å². The van der Waals surface area contributed by atoms with Gasteiger partial charge in [0.05, 0.1) is 16.9 Å². The van der Waals surface area contributed by atoms with Gasteiger partial charge >= 0.3 is 6.03 Å². The molecule has 4 rings (SSSR count). The van der Waals surface area contributed by atoms with Crippen LogP contribution in [0.4, 0.5) is 10.5 Å². The molecule has 0 saturated carbocycles. The van der Waals surface area contributed by atoms with Crippen LogP contribution in [0.1, 0.15) is 24.4 Å². The van der Waals surface area contributed by atoms with Crippen LogP contribution in [0.5, 0.6) is 0 Å². The Kier molecular flexibility index (Phi) is 5.55. The van der Waals surface area contributed by atoms with E-state index in [-0.39, 0.29) is 17.6 Å². The van der Waals surface area contributed by atoms with Gasteiger partial charge in [-0.25, -0.2) is 9.78 Å². The molecule has 1 N–H and O–H groups in total. The molecular formula is C23H27N5O2. The Labute approximate surface area is 175 Å². The largest absolute Gasteiger partial charge is 0.322 e. The van der Waals surface area contributed by atoms with Gasteiger partial charge in [-0.15, -0.1) is 0 Å². The first kappa shape index (κ1) is 20.1. The van der Waals surface area contributed by atoms with Crippen LogP contribution in [-0.2, 0) is 7.05 Å². The predicted molar refractivity (Wildman–Crippen MR) is 119 cm³/mol. The Morgan fingerprint density at radius 3 is 2.53 bits per heavy atom. The molecule has 1 aliphatic rings. The van der Waals surface area contributed by atoms with Gasteiger partial charge in [0, 0.05) is 38.9 Å². The molecule has 1 aliphatic heterocycles. The lowest BCUT2D eigenvalue weighted by molar-refractivity contribution is 0.114. The van der Waals surface area contributed by atoms with Crippen molar-refractivity contribution in [2.24, 2.45) is 7.05 Å². The summed E-state index contributed by atoms with van der Waals surface area (Å²) in [6.45, 7) is 6.78. The number of hydrogen-bond acceptors (Lipinski definition) is 4. The smallest absolute Gasteiger partial charge is 0.321 e. The molecule has 0 aliphatic carbocycles. The van der Waals surface area contributed by atoms with Gasteiger partial charge in [0.2, 0.25) is 0 Å². The zero-order chi connectivity index (χ0) is 21.3. The highest BCUT2D eigenvalue weighted by Gasteiger charge is 2.27. The van der Waals surface area contributed by atoms with Gasteiger partial charge in [-0.2, -0.15) is 0 Å². The number of fused-ring (bicyclic) bond motifs is 1. The van der Waals surface area contributed by atoms with E-state index in [2.05, 4.69) is 17.1 Å². The highest BCUT2D eigenvalue weighted by molar-refractivity contribution is 5.89. The van der Waals surface area contributed by atoms with Crippen molar-refractivity contribution >= 4 is 22.6 Å². The Morgan fingerprint density at radius 1 is 1.07 bits per heavy atom. The number of carbonyl (C=O) groups is 1. The lowest BCUT2D eigenvalue weighted by Gasteiger charge is -2.38. The number of nitrogens with one attached hydrogen (secondary N) is 1. The maximum atomic E-state index is 12.7. The number of aryl methyl sites for hydroxylation is 1. The number of amides is 2. The van der Waals surface area contributed by atoms with Gasteiger partial charge < -0.3 is 10.2 Å². The molecule has 2 amide bonds. The number of carbonyl (C=O) groups excluding carboxylic acids is 1. The molecule has 1 unspecified atom stereocenters. The quantitative estimate of drug-likeness (QED) is 0.727. The lowest BCUT2D eigenvalue weighted by atomic mass is 10.2. The molecule has 3 aromatic rings. The summed E-state index contributed by atoms with van der Waals surface area (Å²) in [5.41, 5.74) is 2.61. The third kappa shape index (κ3) is 3.93. The van der Waals surface area contributed by atoms with E-state index in [4.69, 9.17) is 4.98 Å². The molecule has 2 aromatic carbocycles. The summed E-state index contributed by atoms with van der Waals surface area (Å²) in [7, 11) is 1.78. The summed E-state index contributed by atoms with van der Waals surface area (Å²) in [6, 6.07) is 15.1. The summed E-state index contributed by atoms with van der Waals surface area (Å²) >= 11 is 0. The summed E-state index contributed by atoms with van der Waals surface area (Å²) in [5, 5.41) is 3.61. The summed E-state index contributed by atoms with van der Waals surface area (Å²) in [4.78, 5) is 34.2. The normalized spacial score (nSPS) is 15.9. The molecule has 156 valence electrons. The van der Waals surface area contributed by atoms with Crippen molar-refractivity contribution in [3.63, 3.8) is 0 Å². The van der Waals surface area contributed by atoms with Crippen LogP contribution in [0.15, 0.2) is 53.3 Å². The number of rotatable bonds is 3. The van der Waals surface area contributed by atoms with E-state index < -0.39 is 0 Å². The van der Waals surface area contributed by atoms with Gasteiger partial charge in [-0.3, -0.25) is 14.3 Å². The van der Waals surface area contributed by atoms with E-state index in [1.54, 1.807) is 11.6 Å². The monoisotopic (exact) mass is 405 g/mol. The van der Waals surface area contributed by atoms with E-state index in [0.29, 0.717) is 18.5 Å². The summed E-state index contributed by atoms with van der Waals surface area (Å²) in [6.07, 6.45) is 0. The topological polar surface area (TPSA) is 70.5 Å². The van der Waals surface area contributed by atoms with Crippen LogP contribution >= 0.6 is 0 Å². The third-order valence-corrected chi connectivity index (χ3v) is 5.81. The Hall–Kier alpha value is -3.19. The Balaban J connectivity index is 1.44. The first-order valence-corrected chi connectivity index (χ1v) is 10.3. The van der Waals surface area contributed by atoms with Crippen molar-refractivity contribution in [3.05, 3.63) is 70.3 Å². The fraction of sp³-hybridized carbons (Fsp3) is 0.348. The van der Waals surface area contributed by atoms with Gasteiger partial charge in [-0.1, -0.05) is 24.3 Å². The van der Waals surface area contributed by atoms with Crippen LogP contribution in [-0.4, -0.2) is 51.6 Å². The molecule has 1 fully saturated rings. The minimum absolute atomic E-state index is 0.0192. The molecule has 1 aromatic heterocycles. The molecule has 0 radical (unpaired) electrons. The zero-order valence-electron chi connectivity index (χ0n) is 17.6. The first-order chi connectivity index (χ1) is 14.4. The highest BCUT2D eigenvalue weighted by Crippen LogP contribution is 2.21. The molecule has 0 spiro atoms. The fourth-order valence-electron chi connectivity index (χ4n) is 4.01. The second-order valence-corrected chi connectivity index (χ2v) is 7.85. The molecule has 1 saturated heterocycles. The van der Waals surface area contributed by atoms with E-state index >= 15 is 0 Å². The Morgan fingerprint density at radius 2 is 1.80 bits per heavy atom. The van der Waals surface area contributed by atoms with E-state index in [1.807, 2.05) is 60.4 Å². The maximum absolute atomic E-state index is 12.7. The number of anilines is 1. The van der Waals surface area contributed by atoms with Crippen molar-refractivity contribution in [1.29, 1.82) is 0 Å². The van der Waals surface area contributed by atoms with Crippen LogP contribution in [0, 0.1) is 6.92 Å². The number of piperazine rings is 1. The maximum Gasteiger partial charge on any atom is 0.321 e. The molecule has 30 heavy (non-hydrogen) atoms. The first-order valence-electron chi connectivity index (χ1n) is 10.3. The molecule has 1 atom stereocenters. The fourth-order valence-corrected chi connectivity index (χ4v) is 4.01. The Bertz CT molecular complexity index is 1130. The van der Waals surface area contributed by atoms with E-state index in [9.17, 15) is 9.59 Å². The highest BCUT2D eigenvalue weighted by atomic mass is 16.2. The van der Waals surface area contributed by atoms with Crippen molar-refractivity contribution in [1.82, 2.24) is 19.4 Å². The molecule has 7 heteroatoms. The number of nitrogens with zero attached hydrogens (tertiary/aromatic N) is 4. The number of aromatic nitrogens is 2. The van der Waals surface area contributed by atoms with Gasteiger partial charge in [0.1, 0.15) is 5.82 Å². The SMILES string of the molecule is Cc1cccc(NC(=O)N2CCN(C(C)c3nc4ccccc4c(=O)n3C)CC2)c1. The second kappa shape index (κ2) is 8.28. The number of hydrogen-bond donors (Lipinski definition) is 1. The van der Waals surface area contributed by atoms with Gasteiger partial charge in [0.15, 0.2) is 0 Å². The molecular weight excluding hydrogens is 378 g/mol. The predicted octanol–water partition coefficient (Wildman–Crippen LogP) is 3.15. The van der Waals surface area contributed by atoms with Crippen LogP contribution in [0.25, 0.3) is 10.9 Å². The number of urea groups is 1. The molecule has 7 nitrogen and oxygen atoms in total. The summed E-state index contributed by atoms with van der Waals surface area (Å²) < 4.78 is 1.64. The summed E-state index contributed by atoms with van der Waals surface area (Å²) in [5.74, 6) is 0.747. The van der Waals surface area contributed by atoms with Crippen LogP contribution in [0.3, 0.4) is 0 Å². The van der Waals surface area contributed by atoms with Crippen molar-refractivity contribution in [3.8, 4) is 0 Å². The van der Waals surface area contributed by atoms with E-state index in [0.717, 1.165) is 35.7 Å². The van der Waals surface area contributed by atoms with Crippen molar-refractivity contribution < 1.29 is 4.79 Å². The number of para-hydroxylation sites is 1. The van der Waals surface area contributed by atoms with Crippen molar-refractivity contribution in [2.75, 3.05) is 31.5 Å². The molecule has 2 heterocycles.